The van der Waals surface area contributed by atoms with Crippen LogP contribution in [-0.2, 0) is 9.53 Å². The van der Waals surface area contributed by atoms with Gasteiger partial charge in [-0.05, 0) is 31.9 Å². The van der Waals surface area contributed by atoms with Crippen molar-refractivity contribution in [1.82, 2.24) is 15.1 Å². The highest BCUT2D eigenvalue weighted by atomic mass is 16.5. The fraction of sp³-hybridized carbons (Fsp3) is 0.600. The second-order valence-electron chi connectivity index (χ2n) is 7.14. The SMILES string of the molecule is Cc1cccc(C(=O)N(CCC(=O)N2CCNCC2)C[C@@H]2CCCO2)c1. The maximum atomic E-state index is 13.0. The van der Waals surface area contributed by atoms with E-state index in [1.807, 2.05) is 36.1 Å². The van der Waals surface area contributed by atoms with Crippen molar-refractivity contribution in [3.05, 3.63) is 35.4 Å². The summed E-state index contributed by atoms with van der Waals surface area (Å²) in [6, 6.07) is 7.63. The molecule has 2 fully saturated rings. The summed E-state index contributed by atoms with van der Waals surface area (Å²) < 4.78 is 5.72. The third-order valence-corrected chi connectivity index (χ3v) is 5.07. The van der Waals surface area contributed by atoms with Crippen LogP contribution in [0.3, 0.4) is 0 Å². The number of carbonyl (C=O) groups excluding carboxylic acids is 2. The first-order valence-corrected chi connectivity index (χ1v) is 9.59. The Hall–Kier alpha value is -1.92. The molecule has 2 heterocycles. The van der Waals surface area contributed by atoms with Gasteiger partial charge in [0.15, 0.2) is 0 Å². The van der Waals surface area contributed by atoms with E-state index in [1.54, 1.807) is 4.90 Å². The number of aryl methyl sites for hydroxylation is 1. The number of amides is 2. The molecule has 0 bridgehead atoms. The predicted molar refractivity (Wildman–Crippen MR) is 100 cm³/mol. The lowest BCUT2D eigenvalue weighted by molar-refractivity contribution is -0.132. The number of hydrogen-bond acceptors (Lipinski definition) is 4. The fourth-order valence-electron chi connectivity index (χ4n) is 3.57. The zero-order chi connectivity index (χ0) is 18.4. The molecule has 6 nitrogen and oxygen atoms in total. The molecule has 0 unspecified atom stereocenters. The molecule has 0 saturated carbocycles. The maximum Gasteiger partial charge on any atom is 0.253 e. The van der Waals surface area contributed by atoms with Crippen LogP contribution in [0.15, 0.2) is 24.3 Å². The smallest absolute Gasteiger partial charge is 0.253 e. The molecule has 3 rings (SSSR count). The van der Waals surface area contributed by atoms with Crippen molar-refractivity contribution in [1.29, 1.82) is 0 Å². The molecule has 2 aliphatic rings. The molecule has 1 aromatic carbocycles. The number of benzene rings is 1. The van der Waals surface area contributed by atoms with Crippen molar-refractivity contribution in [2.24, 2.45) is 0 Å². The lowest BCUT2D eigenvalue weighted by Gasteiger charge is -2.30. The van der Waals surface area contributed by atoms with Gasteiger partial charge in [-0.1, -0.05) is 17.7 Å². The number of nitrogens with zero attached hydrogens (tertiary/aromatic N) is 2. The molecular formula is C20H29N3O3. The number of hydrogen-bond donors (Lipinski definition) is 1. The van der Waals surface area contributed by atoms with E-state index >= 15 is 0 Å². The van der Waals surface area contributed by atoms with Gasteiger partial charge >= 0.3 is 0 Å². The van der Waals surface area contributed by atoms with Crippen LogP contribution in [0.4, 0.5) is 0 Å². The molecule has 2 saturated heterocycles. The summed E-state index contributed by atoms with van der Waals surface area (Å²) in [6.45, 7) is 6.91. The zero-order valence-electron chi connectivity index (χ0n) is 15.6. The number of ether oxygens (including phenoxy) is 1. The minimum absolute atomic E-state index is 0.0164. The van der Waals surface area contributed by atoms with Crippen LogP contribution < -0.4 is 5.32 Å². The predicted octanol–water partition coefficient (Wildman–Crippen LogP) is 1.44. The first-order valence-electron chi connectivity index (χ1n) is 9.59. The molecule has 0 radical (unpaired) electrons. The van der Waals surface area contributed by atoms with Gasteiger partial charge in [-0.15, -0.1) is 0 Å². The number of piperazine rings is 1. The quantitative estimate of drug-likeness (QED) is 0.835. The third-order valence-electron chi connectivity index (χ3n) is 5.07. The molecular weight excluding hydrogens is 330 g/mol. The van der Waals surface area contributed by atoms with Gasteiger partial charge in [0, 0.05) is 57.9 Å². The van der Waals surface area contributed by atoms with Gasteiger partial charge in [0.2, 0.25) is 5.91 Å². The molecule has 1 aromatic rings. The summed E-state index contributed by atoms with van der Waals surface area (Å²) in [5, 5.41) is 3.25. The van der Waals surface area contributed by atoms with Crippen molar-refractivity contribution in [3.8, 4) is 0 Å². The number of rotatable bonds is 6. The lowest BCUT2D eigenvalue weighted by Crippen LogP contribution is -2.47. The Balaban J connectivity index is 1.64. The van der Waals surface area contributed by atoms with Gasteiger partial charge in [-0.2, -0.15) is 0 Å². The van der Waals surface area contributed by atoms with Crippen LogP contribution in [0.1, 0.15) is 35.2 Å². The Labute approximate surface area is 155 Å². The molecule has 1 atom stereocenters. The Kier molecular flexibility index (Phi) is 6.63. The largest absolute Gasteiger partial charge is 0.376 e. The summed E-state index contributed by atoms with van der Waals surface area (Å²) >= 11 is 0. The molecule has 6 heteroatoms. The minimum Gasteiger partial charge on any atom is -0.376 e. The lowest BCUT2D eigenvalue weighted by atomic mass is 10.1. The van der Waals surface area contributed by atoms with Crippen LogP contribution in [0.5, 0.6) is 0 Å². The highest BCUT2D eigenvalue weighted by Gasteiger charge is 2.25. The van der Waals surface area contributed by atoms with Gasteiger partial charge in [-0.25, -0.2) is 0 Å². The molecule has 2 aliphatic heterocycles. The van der Waals surface area contributed by atoms with Gasteiger partial charge in [0.05, 0.1) is 6.10 Å². The van der Waals surface area contributed by atoms with Gasteiger partial charge in [0.25, 0.3) is 5.91 Å². The Morgan fingerprint density at radius 3 is 2.81 bits per heavy atom. The van der Waals surface area contributed by atoms with Gasteiger partial charge in [-0.3, -0.25) is 9.59 Å². The van der Waals surface area contributed by atoms with E-state index in [1.165, 1.54) is 0 Å². The first kappa shape index (κ1) is 18.9. The molecule has 0 spiro atoms. The summed E-state index contributed by atoms with van der Waals surface area (Å²) in [5.41, 5.74) is 1.74. The van der Waals surface area contributed by atoms with E-state index in [4.69, 9.17) is 4.74 Å². The summed E-state index contributed by atoms with van der Waals surface area (Å²) in [6.07, 6.45) is 2.46. The van der Waals surface area contributed by atoms with E-state index in [2.05, 4.69) is 5.32 Å². The Bertz CT molecular complexity index is 622. The van der Waals surface area contributed by atoms with Gasteiger partial charge < -0.3 is 19.9 Å². The number of carbonyl (C=O) groups is 2. The summed E-state index contributed by atoms with van der Waals surface area (Å²) in [4.78, 5) is 29.2. The van der Waals surface area contributed by atoms with Crippen LogP contribution in [-0.4, -0.2) is 73.6 Å². The molecule has 0 aromatic heterocycles. The van der Waals surface area contributed by atoms with Crippen LogP contribution in [0.2, 0.25) is 0 Å². The van der Waals surface area contributed by atoms with Crippen LogP contribution >= 0.6 is 0 Å². The highest BCUT2D eigenvalue weighted by molar-refractivity contribution is 5.94. The average Bonchev–Trinajstić information content (AvgIpc) is 3.18. The highest BCUT2D eigenvalue weighted by Crippen LogP contribution is 2.16. The van der Waals surface area contributed by atoms with Crippen molar-refractivity contribution in [2.75, 3.05) is 45.9 Å². The van der Waals surface area contributed by atoms with E-state index in [9.17, 15) is 9.59 Å². The fourth-order valence-corrected chi connectivity index (χ4v) is 3.57. The molecule has 2 amide bonds. The van der Waals surface area contributed by atoms with Crippen LogP contribution in [0.25, 0.3) is 0 Å². The third kappa shape index (κ3) is 5.05. The first-order chi connectivity index (χ1) is 12.6. The van der Waals surface area contributed by atoms with Gasteiger partial charge in [0.1, 0.15) is 0 Å². The zero-order valence-corrected chi connectivity index (χ0v) is 15.6. The second-order valence-corrected chi connectivity index (χ2v) is 7.14. The maximum absolute atomic E-state index is 13.0. The van der Waals surface area contributed by atoms with Crippen molar-refractivity contribution in [2.45, 2.75) is 32.3 Å². The topological polar surface area (TPSA) is 61.9 Å². The van der Waals surface area contributed by atoms with E-state index in [-0.39, 0.29) is 17.9 Å². The standard InChI is InChI=1S/C20H29N3O3/c1-16-4-2-5-17(14-16)20(25)23(15-18-6-3-13-26-18)10-7-19(24)22-11-8-21-9-12-22/h2,4-5,14,18,21H,3,6-13,15H2,1H3/t18-/m0/s1. The van der Waals surface area contributed by atoms with E-state index in [0.29, 0.717) is 25.1 Å². The van der Waals surface area contributed by atoms with Crippen molar-refractivity contribution >= 4 is 11.8 Å². The summed E-state index contributed by atoms with van der Waals surface area (Å²) in [7, 11) is 0. The van der Waals surface area contributed by atoms with Crippen molar-refractivity contribution < 1.29 is 14.3 Å². The molecule has 0 aliphatic carbocycles. The Morgan fingerprint density at radius 2 is 2.12 bits per heavy atom. The summed E-state index contributed by atoms with van der Waals surface area (Å²) in [5.74, 6) is 0.109. The van der Waals surface area contributed by atoms with E-state index in [0.717, 1.165) is 51.2 Å². The van der Waals surface area contributed by atoms with Crippen molar-refractivity contribution in [3.63, 3.8) is 0 Å². The minimum atomic E-state index is -0.0164. The van der Waals surface area contributed by atoms with E-state index < -0.39 is 0 Å². The monoisotopic (exact) mass is 359 g/mol. The Morgan fingerprint density at radius 1 is 1.31 bits per heavy atom. The molecule has 26 heavy (non-hydrogen) atoms. The normalized spacial score (nSPS) is 20.2. The molecule has 142 valence electrons. The molecule has 1 N–H and O–H groups in total. The average molecular weight is 359 g/mol. The van der Waals surface area contributed by atoms with Crippen LogP contribution in [0, 0.1) is 6.92 Å². The second kappa shape index (κ2) is 9.14. The number of nitrogens with one attached hydrogen (secondary N) is 1.